The van der Waals surface area contributed by atoms with Crippen molar-refractivity contribution in [2.75, 3.05) is 5.32 Å². The standard InChI is InChI=1S/C16H18FNO/c1-11(2)16(12-6-4-3-5-7-12)18-13-8-9-15(19)14(17)10-13/h3-11,16,18-19H,1-2H3. The number of benzene rings is 2. The van der Waals surface area contributed by atoms with Gasteiger partial charge in [-0.1, -0.05) is 44.2 Å². The smallest absolute Gasteiger partial charge is 0.166 e. The Bertz CT molecular complexity index is 540. The van der Waals surface area contributed by atoms with Crippen molar-refractivity contribution >= 4 is 5.69 Å². The lowest BCUT2D eigenvalue weighted by Gasteiger charge is -2.24. The number of halogens is 1. The third kappa shape index (κ3) is 3.25. The Kier molecular flexibility index (Phi) is 4.05. The molecule has 2 aromatic carbocycles. The van der Waals surface area contributed by atoms with Gasteiger partial charge in [0.2, 0.25) is 0 Å². The molecule has 2 aromatic rings. The topological polar surface area (TPSA) is 32.3 Å². The Balaban J connectivity index is 2.24. The zero-order chi connectivity index (χ0) is 13.8. The maximum absolute atomic E-state index is 13.3. The predicted octanol–water partition coefficient (Wildman–Crippen LogP) is 4.34. The molecule has 3 heteroatoms. The van der Waals surface area contributed by atoms with E-state index in [1.807, 2.05) is 18.2 Å². The van der Waals surface area contributed by atoms with Crippen molar-refractivity contribution < 1.29 is 9.50 Å². The Labute approximate surface area is 112 Å². The van der Waals surface area contributed by atoms with Crippen LogP contribution in [0.15, 0.2) is 48.5 Å². The van der Waals surface area contributed by atoms with Crippen LogP contribution < -0.4 is 5.32 Å². The van der Waals surface area contributed by atoms with Crippen molar-refractivity contribution in [3.05, 3.63) is 59.9 Å². The Hall–Kier alpha value is -2.03. The third-order valence-corrected chi connectivity index (χ3v) is 3.10. The Morgan fingerprint density at radius 2 is 1.74 bits per heavy atom. The van der Waals surface area contributed by atoms with Crippen LogP contribution in [0.1, 0.15) is 25.5 Å². The summed E-state index contributed by atoms with van der Waals surface area (Å²) in [5, 5.41) is 12.5. The number of phenolic OH excluding ortho intramolecular Hbond substituents is 1. The summed E-state index contributed by atoms with van der Waals surface area (Å²) < 4.78 is 13.3. The molecule has 0 radical (unpaired) electrons. The summed E-state index contributed by atoms with van der Waals surface area (Å²) >= 11 is 0. The van der Waals surface area contributed by atoms with Gasteiger partial charge in [0, 0.05) is 11.8 Å². The fraction of sp³-hybridized carbons (Fsp3) is 0.250. The van der Waals surface area contributed by atoms with E-state index in [1.54, 1.807) is 6.07 Å². The molecule has 0 saturated heterocycles. The summed E-state index contributed by atoms with van der Waals surface area (Å²) in [6.07, 6.45) is 0. The zero-order valence-corrected chi connectivity index (χ0v) is 11.1. The van der Waals surface area contributed by atoms with Crippen molar-refractivity contribution in [1.29, 1.82) is 0 Å². The second-order valence-electron chi connectivity index (χ2n) is 4.94. The van der Waals surface area contributed by atoms with Crippen LogP contribution in [0, 0.1) is 11.7 Å². The molecule has 0 heterocycles. The molecule has 0 aromatic heterocycles. The van der Waals surface area contributed by atoms with E-state index in [0.29, 0.717) is 11.6 Å². The van der Waals surface area contributed by atoms with Gasteiger partial charge >= 0.3 is 0 Å². The van der Waals surface area contributed by atoms with Gasteiger partial charge < -0.3 is 10.4 Å². The van der Waals surface area contributed by atoms with E-state index in [2.05, 4.69) is 31.3 Å². The maximum atomic E-state index is 13.3. The number of hydrogen-bond donors (Lipinski definition) is 2. The fourth-order valence-electron chi connectivity index (χ4n) is 2.07. The average Bonchev–Trinajstić information content (AvgIpc) is 2.40. The molecule has 100 valence electrons. The fourth-order valence-corrected chi connectivity index (χ4v) is 2.07. The molecule has 1 unspecified atom stereocenters. The van der Waals surface area contributed by atoms with E-state index in [4.69, 9.17) is 0 Å². The van der Waals surface area contributed by atoms with Crippen molar-refractivity contribution in [1.82, 2.24) is 0 Å². The first kappa shape index (κ1) is 13.4. The quantitative estimate of drug-likeness (QED) is 0.800. The van der Waals surface area contributed by atoms with Crippen molar-refractivity contribution in [3.63, 3.8) is 0 Å². The van der Waals surface area contributed by atoms with Gasteiger partial charge in [-0.25, -0.2) is 4.39 Å². The molecule has 0 aliphatic heterocycles. The highest BCUT2D eigenvalue weighted by atomic mass is 19.1. The summed E-state index contributed by atoms with van der Waals surface area (Å²) in [5.41, 5.74) is 1.82. The molecule has 19 heavy (non-hydrogen) atoms. The van der Waals surface area contributed by atoms with Crippen LogP contribution in [0.3, 0.4) is 0 Å². The van der Waals surface area contributed by atoms with Gasteiger partial charge in [0.1, 0.15) is 0 Å². The van der Waals surface area contributed by atoms with Crippen LogP contribution in [0.2, 0.25) is 0 Å². The van der Waals surface area contributed by atoms with Gasteiger partial charge in [-0.05, 0) is 23.6 Å². The van der Waals surface area contributed by atoms with Crippen LogP contribution in [-0.4, -0.2) is 5.11 Å². The molecule has 0 fully saturated rings. The summed E-state index contributed by atoms with van der Waals surface area (Å²) in [5.74, 6) is -0.578. The third-order valence-electron chi connectivity index (χ3n) is 3.10. The van der Waals surface area contributed by atoms with Crippen LogP contribution in [0.25, 0.3) is 0 Å². The van der Waals surface area contributed by atoms with Gasteiger partial charge in [0.25, 0.3) is 0 Å². The first-order valence-electron chi connectivity index (χ1n) is 6.38. The van der Waals surface area contributed by atoms with E-state index in [1.165, 1.54) is 12.1 Å². The minimum Gasteiger partial charge on any atom is -0.505 e. The summed E-state index contributed by atoms with van der Waals surface area (Å²) in [6.45, 7) is 4.23. The minimum atomic E-state index is -0.611. The molecular formula is C16H18FNO. The van der Waals surface area contributed by atoms with Gasteiger partial charge in [-0.2, -0.15) is 0 Å². The van der Waals surface area contributed by atoms with E-state index in [0.717, 1.165) is 5.56 Å². The van der Waals surface area contributed by atoms with E-state index >= 15 is 0 Å². The van der Waals surface area contributed by atoms with Crippen LogP contribution in [0.4, 0.5) is 10.1 Å². The SMILES string of the molecule is CC(C)C(Nc1ccc(O)c(F)c1)c1ccccc1. The Morgan fingerprint density at radius 3 is 2.32 bits per heavy atom. The lowest BCUT2D eigenvalue weighted by atomic mass is 9.96. The largest absolute Gasteiger partial charge is 0.505 e. The number of aromatic hydroxyl groups is 1. The second-order valence-corrected chi connectivity index (χ2v) is 4.94. The molecule has 0 bridgehead atoms. The molecule has 0 aliphatic carbocycles. The molecule has 1 atom stereocenters. The van der Waals surface area contributed by atoms with E-state index in [-0.39, 0.29) is 11.8 Å². The van der Waals surface area contributed by atoms with E-state index in [9.17, 15) is 9.50 Å². The number of hydrogen-bond acceptors (Lipinski definition) is 2. The lowest BCUT2D eigenvalue weighted by Crippen LogP contribution is -2.16. The van der Waals surface area contributed by atoms with Gasteiger partial charge in [-0.15, -0.1) is 0 Å². The molecular weight excluding hydrogens is 241 g/mol. The van der Waals surface area contributed by atoms with Gasteiger partial charge in [0.15, 0.2) is 11.6 Å². The van der Waals surface area contributed by atoms with Crippen LogP contribution >= 0.6 is 0 Å². The van der Waals surface area contributed by atoms with Gasteiger partial charge in [0.05, 0.1) is 6.04 Å². The molecule has 0 aliphatic rings. The Morgan fingerprint density at radius 1 is 1.05 bits per heavy atom. The molecule has 2 rings (SSSR count). The zero-order valence-electron chi connectivity index (χ0n) is 11.1. The molecule has 0 spiro atoms. The maximum Gasteiger partial charge on any atom is 0.166 e. The highest BCUT2D eigenvalue weighted by molar-refractivity contribution is 5.49. The molecule has 0 amide bonds. The molecule has 0 saturated carbocycles. The number of rotatable bonds is 4. The monoisotopic (exact) mass is 259 g/mol. The number of nitrogens with one attached hydrogen (secondary N) is 1. The van der Waals surface area contributed by atoms with Crippen molar-refractivity contribution in [3.8, 4) is 5.75 Å². The second kappa shape index (κ2) is 5.74. The average molecular weight is 259 g/mol. The highest BCUT2D eigenvalue weighted by Crippen LogP contribution is 2.28. The predicted molar refractivity (Wildman–Crippen MR) is 75.7 cm³/mol. The highest BCUT2D eigenvalue weighted by Gasteiger charge is 2.15. The normalized spacial score (nSPS) is 12.4. The minimum absolute atomic E-state index is 0.102. The van der Waals surface area contributed by atoms with Crippen molar-refractivity contribution in [2.45, 2.75) is 19.9 Å². The van der Waals surface area contributed by atoms with Crippen molar-refractivity contribution in [2.24, 2.45) is 5.92 Å². The number of anilines is 1. The number of phenols is 1. The first-order valence-corrected chi connectivity index (χ1v) is 6.38. The van der Waals surface area contributed by atoms with Crippen LogP contribution in [0.5, 0.6) is 5.75 Å². The molecule has 2 nitrogen and oxygen atoms in total. The van der Waals surface area contributed by atoms with E-state index < -0.39 is 5.82 Å². The summed E-state index contributed by atoms with van der Waals surface area (Å²) in [6, 6.07) is 14.5. The molecule has 2 N–H and O–H groups in total. The summed E-state index contributed by atoms with van der Waals surface area (Å²) in [4.78, 5) is 0. The first-order chi connectivity index (χ1) is 9.08. The van der Waals surface area contributed by atoms with Crippen LogP contribution in [-0.2, 0) is 0 Å². The van der Waals surface area contributed by atoms with Gasteiger partial charge in [-0.3, -0.25) is 0 Å². The lowest BCUT2D eigenvalue weighted by molar-refractivity contribution is 0.432. The summed E-state index contributed by atoms with van der Waals surface area (Å²) in [7, 11) is 0.